The highest BCUT2D eigenvalue weighted by molar-refractivity contribution is 7.92. The van der Waals surface area contributed by atoms with E-state index in [1.54, 1.807) is 24.3 Å². The molecule has 10 heteroatoms. The maximum absolute atomic E-state index is 12.2. The lowest BCUT2D eigenvalue weighted by atomic mass is 10.1. The highest BCUT2D eigenvalue weighted by atomic mass is 32.2. The molecule has 0 saturated carbocycles. The molecule has 0 unspecified atom stereocenters. The normalized spacial score (nSPS) is 11.2. The highest BCUT2D eigenvalue weighted by Gasteiger charge is 2.20. The summed E-state index contributed by atoms with van der Waals surface area (Å²) < 4.78 is 30.5. The van der Waals surface area contributed by atoms with Gasteiger partial charge in [0.2, 0.25) is 10.0 Å². The summed E-state index contributed by atoms with van der Waals surface area (Å²) in [6.07, 6.45) is 2.17. The Kier molecular flexibility index (Phi) is 7.32. The monoisotopic (exact) mass is 419 g/mol. The number of anilines is 1. The topological polar surface area (TPSA) is 125 Å². The number of amides is 1. The first-order valence-corrected chi connectivity index (χ1v) is 10.4. The van der Waals surface area contributed by atoms with Crippen molar-refractivity contribution in [1.82, 2.24) is 5.43 Å². The van der Waals surface area contributed by atoms with Gasteiger partial charge in [0.05, 0.1) is 30.3 Å². The zero-order valence-corrected chi connectivity index (χ0v) is 16.7. The number of carbonyl (C=O) groups excluding carboxylic acids is 1. The quantitative estimate of drug-likeness (QED) is 0.471. The summed E-state index contributed by atoms with van der Waals surface area (Å²) in [6.45, 7) is 1.81. The third-order valence-corrected chi connectivity index (χ3v) is 4.85. The van der Waals surface area contributed by atoms with Crippen LogP contribution in [0.5, 0.6) is 5.75 Å². The van der Waals surface area contributed by atoms with E-state index in [9.17, 15) is 18.0 Å². The largest absolute Gasteiger partial charge is 0.494 e. The molecule has 0 aromatic heterocycles. The fourth-order valence-electron chi connectivity index (χ4n) is 2.42. The SMILES string of the molecule is CCOc1ccc(N(CC(=O)N/N=C\c2ccccc2C(=O)O)S(C)(=O)=O)cc1. The summed E-state index contributed by atoms with van der Waals surface area (Å²) in [5.41, 5.74) is 2.83. The molecule has 0 aliphatic carbocycles. The van der Waals surface area contributed by atoms with Crippen molar-refractivity contribution >= 4 is 33.8 Å². The molecule has 0 aliphatic heterocycles. The van der Waals surface area contributed by atoms with Crippen molar-refractivity contribution in [2.24, 2.45) is 5.10 Å². The molecule has 0 bridgehead atoms. The molecule has 2 N–H and O–H groups in total. The van der Waals surface area contributed by atoms with E-state index in [4.69, 9.17) is 9.84 Å². The van der Waals surface area contributed by atoms with Gasteiger partial charge in [0.1, 0.15) is 12.3 Å². The Bertz CT molecular complexity index is 1000. The fraction of sp³-hybridized carbons (Fsp3) is 0.211. The van der Waals surface area contributed by atoms with Crippen molar-refractivity contribution in [2.45, 2.75) is 6.92 Å². The van der Waals surface area contributed by atoms with Crippen LogP contribution in [0.2, 0.25) is 0 Å². The standard InChI is InChI=1S/C19H21N3O6S/c1-3-28-16-10-8-15(9-11-16)22(29(2,26)27)13-18(23)21-20-12-14-6-4-5-7-17(14)19(24)25/h4-12H,3,13H2,1-2H3,(H,21,23)(H,24,25)/b20-12-. The van der Waals surface area contributed by atoms with Gasteiger partial charge in [0.15, 0.2) is 0 Å². The summed E-state index contributed by atoms with van der Waals surface area (Å²) in [4.78, 5) is 23.3. The number of ether oxygens (including phenoxy) is 1. The summed E-state index contributed by atoms with van der Waals surface area (Å²) in [5, 5.41) is 12.9. The van der Waals surface area contributed by atoms with E-state index in [0.717, 1.165) is 10.6 Å². The van der Waals surface area contributed by atoms with Crippen molar-refractivity contribution in [3.05, 3.63) is 59.7 Å². The molecule has 0 fully saturated rings. The van der Waals surface area contributed by atoms with E-state index in [0.29, 0.717) is 23.6 Å². The second-order valence-electron chi connectivity index (χ2n) is 5.88. The summed E-state index contributed by atoms with van der Waals surface area (Å²) >= 11 is 0. The Morgan fingerprint density at radius 2 is 1.83 bits per heavy atom. The van der Waals surface area contributed by atoms with Gasteiger partial charge in [-0.2, -0.15) is 5.10 Å². The second-order valence-corrected chi connectivity index (χ2v) is 7.79. The first kappa shape index (κ1) is 21.9. The van der Waals surface area contributed by atoms with Gasteiger partial charge >= 0.3 is 5.97 Å². The van der Waals surface area contributed by atoms with Gasteiger partial charge in [-0.3, -0.25) is 9.10 Å². The number of hydrogen-bond donors (Lipinski definition) is 2. The molecule has 0 radical (unpaired) electrons. The number of carbonyl (C=O) groups is 2. The molecule has 0 heterocycles. The van der Waals surface area contributed by atoms with E-state index in [-0.39, 0.29) is 5.56 Å². The minimum absolute atomic E-state index is 0.0256. The molecule has 0 saturated heterocycles. The van der Waals surface area contributed by atoms with Crippen LogP contribution in [0.1, 0.15) is 22.8 Å². The Hall–Kier alpha value is -3.40. The van der Waals surface area contributed by atoms with Gasteiger partial charge in [-0.1, -0.05) is 18.2 Å². The molecule has 0 atom stereocenters. The lowest BCUT2D eigenvalue weighted by Gasteiger charge is -2.21. The van der Waals surface area contributed by atoms with Crippen LogP contribution >= 0.6 is 0 Å². The van der Waals surface area contributed by atoms with E-state index in [2.05, 4.69) is 10.5 Å². The molecule has 9 nitrogen and oxygen atoms in total. The third-order valence-electron chi connectivity index (χ3n) is 3.71. The first-order valence-electron chi connectivity index (χ1n) is 8.57. The van der Waals surface area contributed by atoms with Crippen LogP contribution in [-0.4, -0.2) is 51.0 Å². The molecule has 29 heavy (non-hydrogen) atoms. The Labute approximate surface area is 168 Å². The van der Waals surface area contributed by atoms with Crippen LogP contribution in [0.15, 0.2) is 53.6 Å². The zero-order valence-electron chi connectivity index (χ0n) is 15.9. The molecule has 0 aliphatic rings. The molecule has 2 aromatic carbocycles. The van der Waals surface area contributed by atoms with E-state index in [1.165, 1.54) is 30.5 Å². The third kappa shape index (κ3) is 6.32. The van der Waals surface area contributed by atoms with Crippen LogP contribution in [0.25, 0.3) is 0 Å². The van der Waals surface area contributed by atoms with E-state index >= 15 is 0 Å². The molecule has 1 amide bonds. The van der Waals surface area contributed by atoms with Gasteiger partial charge in [-0.15, -0.1) is 0 Å². The van der Waals surface area contributed by atoms with Crippen molar-refractivity contribution in [1.29, 1.82) is 0 Å². The van der Waals surface area contributed by atoms with Crippen molar-refractivity contribution in [3.8, 4) is 5.75 Å². The van der Waals surface area contributed by atoms with Crippen LogP contribution in [-0.2, 0) is 14.8 Å². The van der Waals surface area contributed by atoms with Crippen LogP contribution in [0.4, 0.5) is 5.69 Å². The van der Waals surface area contributed by atoms with Crippen LogP contribution < -0.4 is 14.5 Å². The summed E-state index contributed by atoms with van der Waals surface area (Å²) in [7, 11) is -3.73. The zero-order chi connectivity index (χ0) is 21.4. The number of rotatable bonds is 9. The van der Waals surface area contributed by atoms with E-state index < -0.39 is 28.4 Å². The van der Waals surface area contributed by atoms with Gasteiger partial charge < -0.3 is 9.84 Å². The predicted molar refractivity (Wildman–Crippen MR) is 109 cm³/mol. The number of sulfonamides is 1. The lowest BCUT2D eigenvalue weighted by molar-refractivity contribution is -0.119. The molecular formula is C19H21N3O6S. The Balaban J connectivity index is 2.10. The number of carboxylic acids is 1. The maximum atomic E-state index is 12.2. The molecule has 2 aromatic rings. The van der Waals surface area contributed by atoms with E-state index in [1.807, 2.05) is 6.92 Å². The van der Waals surface area contributed by atoms with Crippen molar-refractivity contribution in [3.63, 3.8) is 0 Å². The molecular weight excluding hydrogens is 398 g/mol. The summed E-state index contributed by atoms with van der Waals surface area (Å²) in [5.74, 6) is -1.23. The molecule has 2 rings (SSSR count). The lowest BCUT2D eigenvalue weighted by Crippen LogP contribution is -2.39. The maximum Gasteiger partial charge on any atom is 0.336 e. The van der Waals surface area contributed by atoms with Gasteiger partial charge in [-0.25, -0.2) is 18.6 Å². The number of hydrazone groups is 1. The minimum Gasteiger partial charge on any atom is -0.494 e. The Morgan fingerprint density at radius 1 is 1.17 bits per heavy atom. The summed E-state index contributed by atoms with van der Waals surface area (Å²) in [6, 6.07) is 12.4. The van der Waals surface area contributed by atoms with Crippen LogP contribution in [0, 0.1) is 0 Å². The average Bonchev–Trinajstić information content (AvgIpc) is 2.66. The number of carboxylic acid groups (broad SMARTS) is 1. The number of benzene rings is 2. The minimum atomic E-state index is -3.73. The molecule has 154 valence electrons. The first-order chi connectivity index (χ1) is 13.7. The second kappa shape index (κ2) is 9.69. The van der Waals surface area contributed by atoms with Crippen LogP contribution in [0.3, 0.4) is 0 Å². The van der Waals surface area contributed by atoms with Gasteiger partial charge in [0.25, 0.3) is 5.91 Å². The van der Waals surface area contributed by atoms with Gasteiger partial charge in [-0.05, 0) is 37.3 Å². The molecule has 0 spiro atoms. The van der Waals surface area contributed by atoms with Crippen molar-refractivity contribution < 1.29 is 27.9 Å². The highest BCUT2D eigenvalue weighted by Crippen LogP contribution is 2.21. The Morgan fingerprint density at radius 3 is 2.41 bits per heavy atom. The smallest absolute Gasteiger partial charge is 0.336 e. The number of aromatic carboxylic acids is 1. The fourth-order valence-corrected chi connectivity index (χ4v) is 3.28. The number of nitrogens with one attached hydrogen (secondary N) is 1. The number of nitrogens with zero attached hydrogens (tertiary/aromatic N) is 2. The average molecular weight is 419 g/mol. The van der Waals surface area contributed by atoms with Gasteiger partial charge in [0, 0.05) is 5.56 Å². The predicted octanol–water partition coefficient (Wildman–Crippen LogP) is 1.70. The van der Waals surface area contributed by atoms with Crippen molar-refractivity contribution in [2.75, 3.05) is 23.7 Å². The number of hydrogen-bond acceptors (Lipinski definition) is 6.